The van der Waals surface area contributed by atoms with Gasteiger partial charge in [0.15, 0.2) is 0 Å². The Hall–Kier alpha value is -0.910. The molecule has 1 aromatic heterocycles. The SMILES string of the molecule is NCCCOC1CCN(C(=O)Cc2cccs2)CC1. The summed E-state index contributed by atoms with van der Waals surface area (Å²) in [7, 11) is 0. The molecule has 2 heterocycles. The summed E-state index contributed by atoms with van der Waals surface area (Å²) in [5, 5.41) is 2.01. The summed E-state index contributed by atoms with van der Waals surface area (Å²) in [5.41, 5.74) is 5.44. The fraction of sp³-hybridized carbons (Fsp3) is 0.643. The van der Waals surface area contributed by atoms with E-state index in [0.717, 1.165) is 43.8 Å². The van der Waals surface area contributed by atoms with E-state index in [1.54, 1.807) is 11.3 Å². The van der Waals surface area contributed by atoms with E-state index in [4.69, 9.17) is 10.5 Å². The smallest absolute Gasteiger partial charge is 0.227 e. The van der Waals surface area contributed by atoms with E-state index >= 15 is 0 Å². The van der Waals surface area contributed by atoms with Gasteiger partial charge in [0.25, 0.3) is 0 Å². The number of amides is 1. The molecule has 1 aromatic rings. The molecule has 4 nitrogen and oxygen atoms in total. The van der Waals surface area contributed by atoms with Gasteiger partial charge in [0.05, 0.1) is 12.5 Å². The van der Waals surface area contributed by atoms with E-state index in [-0.39, 0.29) is 5.91 Å². The molecular formula is C14H22N2O2S. The van der Waals surface area contributed by atoms with Crippen LogP contribution >= 0.6 is 11.3 Å². The summed E-state index contributed by atoms with van der Waals surface area (Å²) < 4.78 is 5.74. The van der Waals surface area contributed by atoms with Crippen LogP contribution in [0, 0.1) is 0 Å². The first kappa shape index (κ1) is 14.5. The summed E-state index contributed by atoms with van der Waals surface area (Å²) in [6.45, 7) is 3.05. The van der Waals surface area contributed by atoms with Crippen molar-refractivity contribution >= 4 is 17.2 Å². The van der Waals surface area contributed by atoms with Gasteiger partial charge in [0.2, 0.25) is 5.91 Å². The summed E-state index contributed by atoms with van der Waals surface area (Å²) in [5.74, 6) is 0.239. The molecule has 0 unspecified atom stereocenters. The third-order valence-corrected chi connectivity index (χ3v) is 4.28. The third kappa shape index (κ3) is 4.60. The minimum absolute atomic E-state index is 0.239. The van der Waals surface area contributed by atoms with Crippen molar-refractivity contribution in [3.05, 3.63) is 22.4 Å². The molecule has 1 amide bonds. The van der Waals surface area contributed by atoms with Crippen LogP contribution in [0.2, 0.25) is 0 Å². The maximum absolute atomic E-state index is 12.1. The van der Waals surface area contributed by atoms with Crippen molar-refractivity contribution in [1.29, 1.82) is 0 Å². The van der Waals surface area contributed by atoms with Crippen LogP contribution in [0.15, 0.2) is 17.5 Å². The quantitative estimate of drug-likeness (QED) is 0.807. The number of nitrogens with two attached hydrogens (primary N) is 1. The first-order chi connectivity index (χ1) is 9.29. The number of piperidine rings is 1. The number of likely N-dealkylation sites (tertiary alicyclic amines) is 1. The number of hydrogen-bond donors (Lipinski definition) is 1. The lowest BCUT2D eigenvalue weighted by atomic mass is 10.1. The van der Waals surface area contributed by atoms with E-state index in [1.165, 1.54) is 0 Å². The lowest BCUT2D eigenvalue weighted by Crippen LogP contribution is -2.41. The van der Waals surface area contributed by atoms with E-state index < -0.39 is 0 Å². The molecule has 2 rings (SSSR count). The van der Waals surface area contributed by atoms with Crippen LogP contribution in [0.5, 0.6) is 0 Å². The molecule has 106 valence electrons. The van der Waals surface area contributed by atoms with Gasteiger partial charge in [0, 0.05) is 24.6 Å². The fourth-order valence-electron chi connectivity index (χ4n) is 2.28. The first-order valence-electron chi connectivity index (χ1n) is 6.91. The van der Waals surface area contributed by atoms with E-state index in [1.807, 2.05) is 22.4 Å². The minimum atomic E-state index is 0.239. The molecule has 1 aliphatic rings. The zero-order valence-corrected chi connectivity index (χ0v) is 12.0. The number of rotatable bonds is 6. The highest BCUT2D eigenvalue weighted by atomic mass is 32.1. The molecule has 1 saturated heterocycles. The Kier molecular flexibility index (Phi) is 5.82. The third-order valence-electron chi connectivity index (χ3n) is 3.40. The van der Waals surface area contributed by atoms with Crippen molar-refractivity contribution < 1.29 is 9.53 Å². The summed E-state index contributed by atoms with van der Waals surface area (Å²) in [6.07, 6.45) is 3.65. The van der Waals surface area contributed by atoms with Crippen LogP contribution in [0.3, 0.4) is 0 Å². The zero-order valence-electron chi connectivity index (χ0n) is 11.2. The molecule has 5 heteroatoms. The molecule has 1 fully saturated rings. The Balaban J connectivity index is 1.69. The van der Waals surface area contributed by atoms with Crippen molar-refractivity contribution in [3.8, 4) is 0 Å². The minimum Gasteiger partial charge on any atom is -0.378 e. The van der Waals surface area contributed by atoms with Crippen LogP contribution in [0.4, 0.5) is 0 Å². The Labute approximate surface area is 118 Å². The van der Waals surface area contributed by atoms with Gasteiger partial charge in [-0.1, -0.05) is 6.07 Å². The van der Waals surface area contributed by atoms with E-state index in [0.29, 0.717) is 19.1 Å². The van der Waals surface area contributed by atoms with E-state index in [9.17, 15) is 4.79 Å². The van der Waals surface area contributed by atoms with Crippen molar-refractivity contribution in [2.75, 3.05) is 26.2 Å². The van der Waals surface area contributed by atoms with Gasteiger partial charge in [-0.15, -0.1) is 11.3 Å². The average Bonchev–Trinajstić information content (AvgIpc) is 2.93. The summed E-state index contributed by atoms with van der Waals surface area (Å²) in [4.78, 5) is 15.2. The van der Waals surface area contributed by atoms with Crippen LogP contribution in [0.1, 0.15) is 24.1 Å². The Morgan fingerprint density at radius 1 is 1.47 bits per heavy atom. The van der Waals surface area contributed by atoms with Crippen molar-refractivity contribution in [3.63, 3.8) is 0 Å². The molecule has 0 saturated carbocycles. The van der Waals surface area contributed by atoms with Crippen LogP contribution in [0.25, 0.3) is 0 Å². The number of nitrogens with zero attached hydrogens (tertiary/aromatic N) is 1. The number of hydrogen-bond acceptors (Lipinski definition) is 4. The van der Waals surface area contributed by atoms with Crippen molar-refractivity contribution in [2.45, 2.75) is 31.8 Å². The molecule has 1 aliphatic heterocycles. The number of ether oxygens (including phenoxy) is 1. The normalized spacial score (nSPS) is 16.8. The lowest BCUT2D eigenvalue weighted by Gasteiger charge is -2.32. The van der Waals surface area contributed by atoms with Gasteiger partial charge >= 0.3 is 0 Å². The highest BCUT2D eigenvalue weighted by Gasteiger charge is 2.23. The second kappa shape index (κ2) is 7.62. The fourth-order valence-corrected chi connectivity index (χ4v) is 2.98. The molecule has 0 atom stereocenters. The molecular weight excluding hydrogens is 260 g/mol. The van der Waals surface area contributed by atoms with Gasteiger partial charge in [-0.2, -0.15) is 0 Å². The molecule has 0 bridgehead atoms. The molecule has 0 aromatic carbocycles. The molecule has 2 N–H and O–H groups in total. The zero-order chi connectivity index (χ0) is 13.5. The highest BCUT2D eigenvalue weighted by molar-refractivity contribution is 7.10. The number of carbonyl (C=O) groups is 1. The monoisotopic (exact) mass is 282 g/mol. The maximum Gasteiger partial charge on any atom is 0.227 e. The Bertz CT molecular complexity index is 373. The second-order valence-corrected chi connectivity index (χ2v) is 5.88. The second-order valence-electron chi connectivity index (χ2n) is 4.85. The maximum atomic E-state index is 12.1. The van der Waals surface area contributed by atoms with Gasteiger partial charge in [-0.3, -0.25) is 4.79 Å². The summed E-state index contributed by atoms with van der Waals surface area (Å²) in [6, 6.07) is 4.01. The molecule has 19 heavy (non-hydrogen) atoms. The lowest BCUT2D eigenvalue weighted by molar-refractivity contribution is -0.133. The van der Waals surface area contributed by atoms with Crippen LogP contribution in [-0.4, -0.2) is 43.2 Å². The van der Waals surface area contributed by atoms with Crippen molar-refractivity contribution in [2.24, 2.45) is 5.73 Å². The van der Waals surface area contributed by atoms with Gasteiger partial charge in [-0.05, 0) is 37.3 Å². The molecule has 0 aliphatic carbocycles. The Morgan fingerprint density at radius 3 is 2.89 bits per heavy atom. The predicted octanol–water partition coefficient (Wildman–Crippen LogP) is 1.65. The largest absolute Gasteiger partial charge is 0.378 e. The number of thiophene rings is 1. The summed E-state index contributed by atoms with van der Waals surface area (Å²) >= 11 is 1.65. The molecule has 0 spiro atoms. The first-order valence-corrected chi connectivity index (χ1v) is 7.79. The topological polar surface area (TPSA) is 55.6 Å². The number of carbonyl (C=O) groups excluding carboxylic acids is 1. The van der Waals surface area contributed by atoms with E-state index in [2.05, 4.69) is 0 Å². The molecule has 0 radical (unpaired) electrons. The van der Waals surface area contributed by atoms with Gasteiger partial charge in [-0.25, -0.2) is 0 Å². The van der Waals surface area contributed by atoms with Gasteiger partial charge < -0.3 is 15.4 Å². The highest BCUT2D eigenvalue weighted by Crippen LogP contribution is 2.16. The Morgan fingerprint density at radius 2 is 2.26 bits per heavy atom. The predicted molar refractivity (Wildman–Crippen MR) is 77.2 cm³/mol. The average molecular weight is 282 g/mol. The van der Waals surface area contributed by atoms with Crippen LogP contribution < -0.4 is 5.73 Å². The van der Waals surface area contributed by atoms with Gasteiger partial charge in [0.1, 0.15) is 0 Å². The van der Waals surface area contributed by atoms with Crippen molar-refractivity contribution in [1.82, 2.24) is 4.90 Å². The van der Waals surface area contributed by atoms with Crippen LogP contribution in [-0.2, 0) is 16.0 Å². The standard InChI is InChI=1S/C14H22N2O2S/c15-6-2-9-18-12-4-7-16(8-5-12)14(17)11-13-3-1-10-19-13/h1,3,10,12H,2,4-9,11,15H2.